The van der Waals surface area contributed by atoms with Gasteiger partial charge in [0.1, 0.15) is 0 Å². The van der Waals surface area contributed by atoms with E-state index in [0.29, 0.717) is 11.8 Å². The lowest BCUT2D eigenvalue weighted by molar-refractivity contribution is -0.0443. The quantitative estimate of drug-likeness (QED) is 0.187. The van der Waals surface area contributed by atoms with Crippen molar-refractivity contribution in [2.24, 2.45) is 23.7 Å². The molecule has 1 nitrogen and oxygen atoms in total. The van der Waals surface area contributed by atoms with Crippen LogP contribution in [0.2, 0.25) is 0 Å². The summed E-state index contributed by atoms with van der Waals surface area (Å²) in [5.41, 5.74) is 13.2. The molecule has 6 aliphatic rings. The van der Waals surface area contributed by atoms with Crippen LogP contribution in [0.4, 0.5) is 17.1 Å². The number of nitrogens with zero attached hydrogens (tertiary/aromatic N) is 1. The Bertz CT molecular complexity index is 2080. The molecule has 4 fully saturated rings. The molecule has 4 saturated carbocycles. The highest BCUT2D eigenvalue weighted by atomic mass is 32.2. The second-order valence-electron chi connectivity index (χ2n) is 17.7. The van der Waals surface area contributed by atoms with Gasteiger partial charge in [-0.15, -0.1) is 0 Å². The lowest BCUT2D eigenvalue weighted by Crippen LogP contribution is -2.57. The fourth-order valence-corrected chi connectivity index (χ4v) is 13.0. The average Bonchev–Trinajstić information content (AvgIpc) is 3.13. The van der Waals surface area contributed by atoms with E-state index in [0.717, 1.165) is 11.8 Å². The fourth-order valence-electron chi connectivity index (χ4n) is 11.7. The van der Waals surface area contributed by atoms with Crippen LogP contribution in [0.1, 0.15) is 94.9 Å². The molecule has 0 saturated heterocycles. The van der Waals surface area contributed by atoms with E-state index in [1.807, 2.05) is 11.8 Å². The maximum absolute atomic E-state index is 2.62. The number of rotatable bonds is 4. The van der Waals surface area contributed by atoms with Crippen LogP contribution in [0.3, 0.4) is 0 Å². The molecule has 1 aliphatic heterocycles. The lowest BCUT2D eigenvalue weighted by atomic mass is 9.42. The highest BCUT2D eigenvalue weighted by Gasteiger charge is 2.61. The predicted octanol–water partition coefficient (Wildman–Crippen LogP) is 13.4. The van der Waals surface area contributed by atoms with E-state index in [1.165, 1.54) is 94.1 Å². The van der Waals surface area contributed by atoms with E-state index in [1.54, 1.807) is 11.1 Å². The first kappa shape index (κ1) is 31.0. The highest BCUT2D eigenvalue weighted by Crippen LogP contribution is 2.70. The summed E-state index contributed by atoms with van der Waals surface area (Å²) >= 11 is 2.04. The molecule has 5 aromatic carbocycles. The molecule has 2 heteroatoms. The van der Waals surface area contributed by atoms with Gasteiger partial charge in [-0.25, -0.2) is 0 Å². The van der Waals surface area contributed by atoms with Crippen molar-refractivity contribution >= 4 is 28.8 Å². The third-order valence-corrected chi connectivity index (χ3v) is 15.2. The Morgan fingerprint density at radius 3 is 1.88 bits per heavy atom. The first-order valence-electron chi connectivity index (χ1n) is 19.2. The van der Waals surface area contributed by atoms with Gasteiger partial charge in [0.25, 0.3) is 0 Å². The van der Waals surface area contributed by atoms with Crippen LogP contribution >= 0.6 is 11.8 Å². The summed E-state index contributed by atoms with van der Waals surface area (Å²) in [6, 6.07) is 44.5. The van der Waals surface area contributed by atoms with Crippen molar-refractivity contribution in [1.82, 2.24) is 0 Å². The van der Waals surface area contributed by atoms with Gasteiger partial charge in [0, 0.05) is 26.6 Å². The zero-order valence-electron chi connectivity index (χ0n) is 30.1. The summed E-state index contributed by atoms with van der Waals surface area (Å²) in [6.07, 6.45) is 9.45. The molecule has 0 unspecified atom stereocenters. The molecule has 1 spiro atoms. The van der Waals surface area contributed by atoms with E-state index >= 15 is 0 Å². The lowest BCUT2D eigenvalue weighted by Gasteiger charge is -2.63. The molecule has 11 rings (SSSR count). The van der Waals surface area contributed by atoms with Gasteiger partial charge in [-0.2, -0.15) is 0 Å². The van der Waals surface area contributed by atoms with Gasteiger partial charge in [-0.3, -0.25) is 0 Å². The standard InChI is InChI=1S/C48H49NS/c1-46(2)22-23-47(3,4)41-30-38(19-20-39(41)46)49(37-14-9-6-10-15-37)43-17-11-16-40-45(43)50-44-21-18-34(33-12-7-5-8-13-33)29-42(44)48(40)35-25-31-24-32(27-35)28-36(48)26-31/h5-21,29-32,35-36H,22-28H2,1-4H3. The largest absolute Gasteiger partial charge is 0.309 e. The van der Waals surface area contributed by atoms with Crippen LogP contribution in [0.15, 0.2) is 125 Å². The molecule has 0 atom stereocenters. The first-order valence-corrected chi connectivity index (χ1v) is 20.1. The summed E-state index contributed by atoms with van der Waals surface area (Å²) in [5.74, 6) is 3.23. The van der Waals surface area contributed by atoms with Gasteiger partial charge in [-0.1, -0.05) is 112 Å². The normalized spacial score (nSPS) is 27.8. The maximum atomic E-state index is 2.62. The zero-order chi connectivity index (χ0) is 33.8. The summed E-state index contributed by atoms with van der Waals surface area (Å²) in [4.78, 5) is 5.54. The monoisotopic (exact) mass is 671 g/mol. The van der Waals surface area contributed by atoms with Gasteiger partial charge < -0.3 is 4.90 Å². The van der Waals surface area contributed by atoms with Crippen molar-refractivity contribution in [3.8, 4) is 11.1 Å². The molecular formula is C48H49NS. The van der Waals surface area contributed by atoms with Gasteiger partial charge in [0.15, 0.2) is 0 Å². The molecule has 5 aliphatic carbocycles. The summed E-state index contributed by atoms with van der Waals surface area (Å²) in [5, 5.41) is 0. The number of para-hydroxylation sites is 1. The first-order chi connectivity index (χ1) is 24.2. The molecule has 0 N–H and O–H groups in total. The van der Waals surface area contributed by atoms with Gasteiger partial charge >= 0.3 is 0 Å². The molecule has 5 aromatic rings. The molecule has 0 radical (unpaired) electrons. The van der Waals surface area contributed by atoms with Crippen LogP contribution in [-0.2, 0) is 16.2 Å². The third kappa shape index (κ3) is 4.52. The highest BCUT2D eigenvalue weighted by molar-refractivity contribution is 7.99. The Morgan fingerprint density at radius 1 is 0.520 bits per heavy atom. The predicted molar refractivity (Wildman–Crippen MR) is 210 cm³/mol. The number of fused-ring (bicyclic) bond motifs is 3. The average molecular weight is 672 g/mol. The van der Waals surface area contributed by atoms with Crippen LogP contribution in [0.25, 0.3) is 11.1 Å². The maximum Gasteiger partial charge on any atom is 0.0604 e. The Labute approximate surface area is 303 Å². The van der Waals surface area contributed by atoms with Crippen molar-refractivity contribution < 1.29 is 0 Å². The van der Waals surface area contributed by atoms with Crippen molar-refractivity contribution in [1.29, 1.82) is 0 Å². The Kier molecular flexibility index (Phi) is 6.90. The molecule has 0 amide bonds. The van der Waals surface area contributed by atoms with Crippen molar-refractivity contribution in [3.05, 3.63) is 138 Å². The minimum absolute atomic E-state index is 0.0639. The van der Waals surface area contributed by atoms with E-state index in [4.69, 9.17) is 0 Å². The SMILES string of the molecule is CC1(C)CCC(C)(C)c2cc(N(c3ccccc3)c3cccc4c3Sc3ccc(-c5ccccc5)cc3C43C4CC5CC(C4)CC3C5)ccc21. The van der Waals surface area contributed by atoms with E-state index in [-0.39, 0.29) is 16.2 Å². The van der Waals surface area contributed by atoms with Gasteiger partial charge in [-0.05, 0) is 155 Å². The second kappa shape index (κ2) is 11.1. The van der Waals surface area contributed by atoms with Crippen LogP contribution in [0, 0.1) is 23.7 Å². The molecule has 1 heterocycles. The van der Waals surface area contributed by atoms with Gasteiger partial charge in [0.05, 0.1) is 5.69 Å². The second-order valence-corrected chi connectivity index (χ2v) is 18.7. The Balaban J connectivity index is 1.20. The zero-order valence-corrected chi connectivity index (χ0v) is 30.9. The van der Waals surface area contributed by atoms with E-state index in [2.05, 4.69) is 148 Å². The summed E-state index contributed by atoms with van der Waals surface area (Å²) < 4.78 is 0. The van der Waals surface area contributed by atoms with Crippen molar-refractivity contribution in [2.45, 2.75) is 98.7 Å². The Morgan fingerprint density at radius 2 is 1.18 bits per heavy atom. The van der Waals surface area contributed by atoms with Gasteiger partial charge in [0.2, 0.25) is 0 Å². The topological polar surface area (TPSA) is 3.24 Å². The summed E-state index contributed by atoms with van der Waals surface area (Å²) in [7, 11) is 0. The van der Waals surface area contributed by atoms with Crippen LogP contribution in [-0.4, -0.2) is 0 Å². The van der Waals surface area contributed by atoms with Crippen molar-refractivity contribution in [2.75, 3.05) is 4.90 Å². The number of benzene rings is 5. The van der Waals surface area contributed by atoms with Crippen LogP contribution < -0.4 is 4.90 Å². The van der Waals surface area contributed by atoms with E-state index in [9.17, 15) is 0 Å². The smallest absolute Gasteiger partial charge is 0.0604 e. The van der Waals surface area contributed by atoms with E-state index < -0.39 is 0 Å². The number of anilines is 3. The minimum Gasteiger partial charge on any atom is -0.309 e. The fraction of sp³-hybridized carbons (Fsp3) is 0.375. The minimum atomic E-state index is 0.0639. The molecular weight excluding hydrogens is 623 g/mol. The number of hydrogen-bond acceptors (Lipinski definition) is 2. The third-order valence-electron chi connectivity index (χ3n) is 14.0. The molecule has 252 valence electrons. The summed E-state index contributed by atoms with van der Waals surface area (Å²) in [6.45, 7) is 9.78. The molecule has 50 heavy (non-hydrogen) atoms. The molecule has 4 bridgehead atoms. The van der Waals surface area contributed by atoms with Crippen molar-refractivity contribution in [3.63, 3.8) is 0 Å². The Hall–Kier alpha value is -3.75. The number of hydrogen-bond donors (Lipinski definition) is 0. The molecule has 0 aromatic heterocycles. The van der Waals surface area contributed by atoms with Crippen LogP contribution in [0.5, 0.6) is 0 Å².